The van der Waals surface area contributed by atoms with Gasteiger partial charge in [0.1, 0.15) is 5.60 Å². The molecule has 2 atom stereocenters. The molecule has 1 amide bonds. The van der Waals surface area contributed by atoms with Gasteiger partial charge in [-0.25, -0.2) is 4.79 Å². The Morgan fingerprint density at radius 3 is 2.71 bits per heavy atom. The van der Waals surface area contributed by atoms with Crippen LogP contribution < -0.4 is 0 Å². The van der Waals surface area contributed by atoms with Gasteiger partial charge < -0.3 is 9.64 Å². The third kappa shape index (κ3) is 3.77. The van der Waals surface area contributed by atoms with Crippen LogP contribution in [0, 0.1) is 0 Å². The number of benzene rings is 1. The lowest BCUT2D eigenvalue weighted by molar-refractivity contribution is -0.00212. The van der Waals surface area contributed by atoms with Crippen molar-refractivity contribution in [2.24, 2.45) is 0 Å². The Labute approximate surface area is 153 Å². The van der Waals surface area contributed by atoms with E-state index in [0.29, 0.717) is 12.1 Å². The summed E-state index contributed by atoms with van der Waals surface area (Å²) < 4.78 is 6.68. The molecule has 4 nitrogen and oxygen atoms in total. The van der Waals surface area contributed by atoms with Crippen LogP contribution >= 0.6 is 15.9 Å². The van der Waals surface area contributed by atoms with E-state index in [-0.39, 0.29) is 6.09 Å². The zero-order chi connectivity index (χ0) is 17.5. The van der Waals surface area contributed by atoms with Crippen LogP contribution in [0.1, 0.15) is 51.3 Å². The highest BCUT2D eigenvalue weighted by Crippen LogP contribution is 2.38. The molecule has 3 rings (SSSR count). The lowest BCUT2D eigenvalue weighted by Crippen LogP contribution is -2.55. The van der Waals surface area contributed by atoms with Gasteiger partial charge in [0.15, 0.2) is 0 Å². The summed E-state index contributed by atoms with van der Waals surface area (Å²) in [6.07, 6.45) is 2.12. The van der Waals surface area contributed by atoms with Crippen LogP contribution in [0.5, 0.6) is 0 Å². The molecule has 0 aromatic heterocycles. The molecular formula is C19H27BrN2O2. The lowest BCUT2D eigenvalue weighted by atomic mass is 10.0. The largest absolute Gasteiger partial charge is 0.444 e. The van der Waals surface area contributed by atoms with Crippen LogP contribution in [0.3, 0.4) is 0 Å². The first kappa shape index (κ1) is 17.7. The summed E-state index contributed by atoms with van der Waals surface area (Å²) in [7, 11) is 0. The van der Waals surface area contributed by atoms with E-state index in [9.17, 15) is 4.79 Å². The van der Waals surface area contributed by atoms with Gasteiger partial charge in [0.25, 0.3) is 0 Å². The van der Waals surface area contributed by atoms with Crippen molar-refractivity contribution in [1.29, 1.82) is 0 Å². The Hall–Kier alpha value is -1.07. The molecule has 132 valence electrons. The maximum Gasteiger partial charge on any atom is 0.410 e. The topological polar surface area (TPSA) is 32.8 Å². The zero-order valence-corrected chi connectivity index (χ0v) is 16.6. The standard InChI is InChI=1S/C19H27BrN2O2/c1-13-12-21(18(23)24-19(2,3)4)9-10-22(13)17-8-5-14-11-15(20)6-7-16(14)17/h6-7,11,13,17H,5,8-10,12H2,1-4H3/t13-,17?/m0/s1. The number of hydrogen-bond donors (Lipinski definition) is 0. The minimum Gasteiger partial charge on any atom is -0.444 e. The summed E-state index contributed by atoms with van der Waals surface area (Å²) in [6, 6.07) is 7.45. The average Bonchev–Trinajstić information content (AvgIpc) is 2.88. The van der Waals surface area contributed by atoms with Crippen LogP contribution in [0.4, 0.5) is 4.79 Å². The van der Waals surface area contributed by atoms with Crippen LogP contribution in [0.2, 0.25) is 0 Å². The molecule has 1 unspecified atom stereocenters. The van der Waals surface area contributed by atoms with Gasteiger partial charge in [0.05, 0.1) is 0 Å². The third-order valence-electron chi connectivity index (χ3n) is 4.88. The van der Waals surface area contributed by atoms with Gasteiger partial charge >= 0.3 is 6.09 Å². The number of fused-ring (bicyclic) bond motifs is 1. The van der Waals surface area contributed by atoms with E-state index in [1.165, 1.54) is 17.5 Å². The molecule has 0 N–H and O–H groups in total. The number of nitrogens with zero attached hydrogens (tertiary/aromatic N) is 2. The maximum absolute atomic E-state index is 12.3. The summed E-state index contributed by atoms with van der Waals surface area (Å²) in [4.78, 5) is 16.7. The quantitative estimate of drug-likeness (QED) is 0.708. The van der Waals surface area contributed by atoms with Gasteiger partial charge in [0, 0.05) is 36.2 Å². The molecule has 1 aromatic rings. The summed E-state index contributed by atoms with van der Waals surface area (Å²) >= 11 is 3.57. The molecule has 24 heavy (non-hydrogen) atoms. The molecule has 0 radical (unpaired) electrons. The predicted molar refractivity (Wildman–Crippen MR) is 99.2 cm³/mol. The number of ether oxygens (including phenoxy) is 1. The fourth-order valence-corrected chi connectivity index (χ4v) is 4.24. The second kappa shape index (κ2) is 6.68. The van der Waals surface area contributed by atoms with Gasteiger partial charge in [-0.05, 0) is 63.8 Å². The second-order valence-corrected chi connectivity index (χ2v) is 8.83. The SMILES string of the molecule is C[C@H]1CN(C(=O)OC(C)(C)C)CCN1C1CCc2cc(Br)ccc21. The highest BCUT2D eigenvalue weighted by Gasteiger charge is 2.36. The number of carbonyl (C=O) groups excluding carboxylic acids is 1. The lowest BCUT2D eigenvalue weighted by Gasteiger charge is -2.43. The number of aryl methyl sites for hydroxylation is 1. The first-order valence-electron chi connectivity index (χ1n) is 8.76. The Morgan fingerprint density at radius 1 is 1.29 bits per heavy atom. The molecular weight excluding hydrogens is 368 g/mol. The van der Waals surface area contributed by atoms with Gasteiger partial charge in [-0.1, -0.05) is 22.0 Å². The summed E-state index contributed by atoms with van der Waals surface area (Å²) in [5.74, 6) is 0. The van der Waals surface area contributed by atoms with Gasteiger partial charge in [-0.2, -0.15) is 0 Å². The van der Waals surface area contributed by atoms with E-state index in [4.69, 9.17) is 4.74 Å². The number of piperazine rings is 1. The van der Waals surface area contributed by atoms with E-state index >= 15 is 0 Å². The number of carbonyl (C=O) groups is 1. The van der Waals surface area contributed by atoms with Crippen molar-refractivity contribution >= 4 is 22.0 Å². The normalized spacial score (nSPS) is 24.8. The van der Waals surface area contributed by atoms with E-state index in [1.54, 1.807) is 0 Å². The summed E-state index contributed by atoms with van der Waals surface area (Å²) in [5.41, 5.74) is 2.47. The Balaban J connectivity index is 1.66. The van der Waals surface area contributed by atoms with Crippen LogP contribution in [-0.2, 0) is 11.2 Å². The first-order chi connectivity index (χ1) is 11.2. The van der Waals surface area contributed by atoms with E-state index in [0.717, 1.165) is 30.5 Å². The monoisotopic (exact) mass is 394 g/mol. The van der Waals surface area contributed by atoms with Gasteiger partial charge in [0.2, 0.25) is 0 Å². The van der Waals surface area contributed by atoms with Crippen molar-refractivity contribution in [3.05, 3.63) is 33.8 Å². The fourth-order valence-electron chi connectivity index (χ4n) is 3.84. The van der Waals surface area contributed by atoms with Crippen molar-refractivity contribution in [3.63, 3.8) is 0 Å². The Bertz CT molecular complexity index is 626. The number of halogens is 1. The summed E-state index contributed by atoms with van der Waals surface area (Å²) in [6.45, 7) is 10.3. The molecule has 0 bridgehead atoms. The van der Waals surface area contributed by atoms with Crippen LogP contribution in [0.15, 0.2) is 22.7 Å². The molecule has 1 saturated heterocycles. The fraction of sp³-hybridized carbons (Fsp3) is 0.632. The molecule has 0 saturated carbocycles. The molecule has 2 aliphatic rings. The van der Waals surface area contributed by atoms with Crippen molar-refractivity contribution in [1.82, 2.24) is 9.80 Å². The highest BCUT2D eigenvalue weighted by molar-refractivity contribution is 9.10. The Kier molecular flexibility index (Phi) is 4.94. The average molecular weight is 395 g/mol. The number of rotatable bonds is 1. The molecule has 1 aromatic carbocycles. The Morgan fingerprint density at radius 2 is 2.04 bits per heavy atom. The second-order valence-electron chi connectivity index (χ2n) is 7.91. The predicted octanol–water partition coefficient (Wildman–Crippen LogP) is 4.38. The van der Waals surface area contributed by atoms with Crippen LogP contribution in [-0.4, -0.2) is 47.2 Å². The van der Waals surface area contributed by atoms with Crippen molar-refractivity contribution in [3.8, 4) is 0 Å². The molecule has 1 fully saturated rings. The summed E-state index contributed by atoms with van der Waals surface area (Å²) in [5, 5.41) is 0. The maximum atomic E-state index is 12.3. The van der Waals surface area contributed by atoms with Crippen LogP contribution in [0.25, 0.3) is 0 Å². The van der Waals surface area contributed by atoms with E-state index in [2.05, 4.69) is 46.0 Å². The minimum absolute atomic E-state index is 0.190. The van der Waals surface area contributed by atoms with Crippen molar-refractivity contribution < 1.29 is 9.53 Å². The van der Waals surface area contributed by atoms with Crippen molar-refractivity contribution in [2.75, 3.05) is 19.6 Å². The third-order valence-corrected chi connectivity index (χ3v) is 5.38. The smallest absolute Gasteiger partial charge is 0.410 e. The van der Waals surface area contributed by atoms with E-state index < -0.39 is 5.60 Å². The molecule has 0 spiro atoms. The molecule has 1 heterocycles. The molecule has 1 aliphatic heterocycles. The van der Waals surface area contributed by atoms with Gasteiger partial charge in [-0.15, -0.1) is 0 Å². The van der Waals surface area contributed by atoms with Gasteiger partial charge in [-0.3, -0.25) is 4.90 Å². The number of amides is 1. The zero-order valence-electron chi connectivity index (χ0n) is 15.0. The molecule has 1 aliphatic carbocycles. The number of hydrogen-bond acceptors (Lipinski definition) is 3. The van der Waals surface area contributed by atoms with E-state index in [1.807, 2.05) is 25.7 Å². The minimum atomic E-state index is -0.435. The molecule has 5 heteroatoms. The first-order valence-corrected chi connectivity index (χ1v) is 9.56. The van der Waals surface area contributed by atoms with Crippen molar-refractivity contribution in [2.45, 2.75) is 58.2 Å². The highest BCUT2D eigenvalue weighted by atomic mass is 79.9.